The summed E-state index contributed by atoms with van der Waals surface area (Å²) in [6, 6.07) is 7.81. The highest BCUT2D eigenvalue weighted by Crippen LogP contribution is 2.10. The number of benzene rings is 1. The van der Waals surface area contributed by atoms with Crippen molar-refractivity contribution in [3.05, 3.63) is 30.3 Å². The fourth-order valence-electron chi connectivity index (χ4n) is 2.07. The van der Waals surface area contributed by atoms with Gasteiger partial charge in [0, 0.05) is 13.2 Å². The van der Waals surface area contributed by atoms with Crippen molar-refractivity contribution >= 4 is 33.3 Å². The van der Waals surface area contributed by atoms with Crippen molar-refractivity contribution < 1.29 is 17.9 Å². The van der Waals surface area contributed by atoms with Gasteiger partial charge in [0.05, 0.1) is 17.5 Å². The summed E-state index contributed by atoms with van der Waals surface area (Å²) in [5.74, 6) is -0.559. The SMILES string of the molecule is O=C(CNS(=O)(=O)c1ccccc1)NNC(=S)NC[C@@H]1CCCO1. The van der Waals surface area contributed by atoms with Crippen LogP contribution in [0.15, 0.2) is 35.2 Å². The quantitative estimate of drug-likeness (QED) is 0.399. The minimum absolute atomic E-state index is 0.0968. The molecule has 0 aromatic heterocycles. The second-order valence-electron chi connectivity index (χ2n) is 5.16. The predicted octanol–water partition coefficient (Wildman–Crippen LogP) is -0.361. The van der Waals surface area contributed by atoms with Crippen molar-refractivity contribution in [3.8, 4) is 0 Å². The number of carbonyl (C=O) groups excluding carboxylic acids is 1. The van der Waals surface area contributed by atoms with E-state index in [1.807, 2.05) is 0 Å². The van der Waals surface area contributed by atoms with Crippen LogP contribution in [0.1, 0.15) is 12.8 Å². The number of hydrazine groups is 1. The van der Waals surface area contributed by atoms with Gasteiger partial charge in [-0.15, -0.1) is 0 Å². The number of amides is 1. The normalized spacial score (nSPS) is 17.2. The second kappa shape index (κ2) is 8.92. The Kier molecular flexibility index (Phi) is 6.91. The van der Waals surface area contributed by atoms with Gasteiger partial charge in [-0.2, -0.15) is 0 Å². The number of rotatable bonds is 6. The zero-order valence-corrected chi connectivity index (χ0v) is 14.6. The van der Waals surface area contributed by atoms with Crippen LogP contribution in [0.4, 0.5) is 0 Å². The van der Waals surface area contributed by atoms with E-state index in [0.717, 1.165) is 19.4 Å². The molecule has 10 heteroatoms. The van der Waals surface area contributed by atoms with Crippen molar-refractivity contribution in [1.82, 2.24) is 20.9 Å². The Labute approximate surface area is 146 Å². The van der Waals surface area contributed by atoms with Crippen molar-refractivity contribution in [1.29, 1.82) is 0 Å². The molecule has 1 aromatic carbocycles. The third kappa shape index (κ3) is 6.04. The molecule has 1 aromatic rings. The first kappa shape index (κ1) is 18.6. The summed E-state index contributed by atoms with van der Waals surface area (Å²) in [6.07, 6.45) is 2.13. The highest BCUT2D eigenvalue weighted by Gasteiger charge is 2.16. The van der Waals surface area contributed by atoms with Crippen molar-refractivity contribution in [3.63, 3.8) is 0 Å². The highest BCUT2D eigenvalue weighted by atomic mass is 32.2. The van der Waals surface area contributed by atoms with Gasteiger partial charge in [0.2, 0.25) is 10.0 Å². The maximum absolute atomic E-state index is 12.0. The Balaban J connectivity index is 1.66. The van der Waals surface area contributed by atoms with Gasteiger partial charge >= 0.3 is 0 Å². The van der Waals surface area contributed by atoms with E-state index < -0.39 is 22.5 Å². The van der Waals surface area contributed by atoms with E-state index >= 15 is 0 Å². The van der Waals surface area contributed by atoms with Gasteiger partial charge in [-0.1, -0.05) is 18.2 Å². The molecule has 0 spiro atoms. The van der Waals surface area contributed by atoms with Crippen molar-refractivity contribution in [2.45, 2.75) is 23.8 Å². The van der Waals surface area contributed by atoms with Crippen molar-refractivity contribution in [2.24, 2.45) is 0 Å². The lowest BCUT2D eigenvalue weighted by molar-refractivity contribution is -0.120. The van der Waals surface area contributed by atoms with Crippen molar-refractivity contribution in [2.75, 3.05) is 19.7 Å². The Morgan fingerprint density at radius 1 is 1.25 bits per heavy atom. The topological polar surface area (TPSA) is 109 Å². The molecular weight excluding hydrogens is 352 g/mol. The monoisotopic (exact) mass is 372 g/mol. The number of carbonyl (C=O) groups is 1. The van der Waals surface area contributed by atoms with Gasteiger partial charge in [-0.25, -0.2) is 13.1 Å². The first-order valence-corrected chi connectivity index (χ1v) is 9.35. The average Bonchev–Trinajstić information content (AvgIpc) is 3.10. The van der Waals surface area contributed by atoms with Crippen LogP contribution in [0, 0.1) is 0 Å². The van der Waals surface area contributed by atoms with E-state index in [4.69, 9.17) is 17.0 Å². The van der Waals surface area contributed by atoms with Crippen LogP contribution < -0.4 is 20.9 Å². The molecule has 0 saturated carbocycles. The largest absolute Gasteiger partial charge is 0.376 e. The molecule has 1 saturated heterocycles. The van der Waals surface area contributed by atoms with Gasteiger partial charge < -0.3 is 10.1 Å². The van der Waals surface area contributed by atoms with Gasteiger partial charge in [0.1, 0.15) is 0 Å². The molecule has 1 amide bonds. The molecule has 1 heterocycles. The van der Waals surface area contributed by atoms with E-state index in [1.54, 1.807) is 18.2 Å². The minimum atomic E-state index is -3.72. The zero-order valence-electron chi connectivity index (χ0n) is 12.9. The Bertz CT molecular complexity index is 661. The summed E-state index contributed by atoms with van der Waals surface area (Å²) < 4.78 is 31.6. The molecule has 0 aliphatic carbocycles. The minimum Gasteiger partial charge on any atom is -0.376 e. The smallest absolute Gasteiger partial charge is 0.253 e. The number of nitrogens with one attached hydrogen (secondary N) is 4. The lowest BCUT2D eigenvalue weighted by Gasteiger charge is -2.14. The van der Waals surface area contributed by atoms with Crippen LogP contribution in [-0.4, -0.2) is 45.2 Å². The molecule has 0 radical (unpaired) electrons. The van der Waals surface area contributed by atoms with Crippen LogP contribution in [0.25, 0.3) is 0 Å². The van der Waals surface area contributed by atoms with Crippen LogP contribution in [0.2, 0.25) is 0 Å². The summed E-state index contributed by atoms with van der Waals surface area (Å²) >= 11 is 5.01. The number of thiocarbonyl (C=S) groups is 1. The molecule has 8 nitrogen and oxygen atoms in total. The maximum atomic E-state index is 12.0. The molecule has 1 aliphatic heterocycles. The highest BCUT2D eigenvalue weighted by molar-refractivity contribution is 7.89. The van der Waals surface area contributed by atoms with Crippen LogP contribution >= 0.6 is 12.2 Å². The fraction of sp³-hybridized carbons (Fsp3) is 0.429. The summed E-state index contributed by atoms with van der Waals surface area (Å²) in [5, 5.41) is 3.16. The molecule has 132 valence electrons. The van der Waals surface area contributed by atoms with Gasteiger partial charge in [0.15, 0.2) is 5.11 Å². The summed E-state index contributed by atoms with van der Waals surface area (Å²) in [7, 11) is -3.72. The zero-order chi connectivity index (χ0) is 17.4. The average molecular weight is 372 g/mol. The Hall–Kier alpha value is -1.75. The third-order valence-corrected chi connectivity index (χ3v) is 4.97. The summed E-state index contributed by atoms with van der Waals surface area (Å²) in [6.45, 7) is 0.908. The van der Waals surface area contributed by atoms with E-state index in [2.05, 4.69) is 20.9 Å². The van der Waals surface area contributed by atoms with Crippen LogP contribution in [-0.2, 0) is 19.6 Å². The van der Waals surface area contributed by atoms with Gasteiger partial charge in [-0.3, -0.25) is 15.6 Å². The lowest BCUT2D eigenvalue weighted by atomic mass is 10.2. The standard InChI is InChI=1S/C14H20N4O4S2/c19-13(10-16-24(20,21)12-6-2-1-3-7-12)17-18-14(23)15-9-11-5-4-8-22-11/h1-3,6-7,11,16H,4-5,8-10H2,(H,17,19)(H2,15,18,23)/t11-/m0/s1. The molecule has 0 unspecified atom stereocenters. The predicted molar refractivity (Wildman–Crippen MR) is 92.5 cm³/mol. The van der Waals surface area contributed by atoms with Gasteiger partial charge in [0.25, 0.3) is 5.91 Å². The second-order valence-corrected chi connectivity index (χ2v) is 7.33. The summed E-state index contributed by atoms with van der Waals surface area (Å²) in [4.78, 5) is 11.8. The van der Waals surface area contributed by atoms with E-state index in [9.17, 15) is 13.2 Å². The van der Waals surface area contributed by atoms with E-state index in [1.165, 1.54) is 12.1 Å². The molecule has 1 fully saturated rings. The maximum Gasteiger partial charge on any atom is 0.253 e. The lowest BCUT2D eigenvalue weighted by Crippen LogP contribution is -2.50. The third-order valence-electron chi connectivity index (χ3n) is 3.31. The van der Waals surface area contributed by atoms with Gasteiger partial charge in [-0.05, 0) is 37.2 Å². The molecule has 2 rings (SSSR count). The molecule has 1 aliphatic rings. The number of hydrogen-bond donors (Lipinski definition) is 4. The molecule has 0 bridgehead atoms. The van der Waals surface area contributed by atoms with Crippen LogP contribution in [0.3, 0.4) is 0 Å². The number of ether oxygens (including phenoxy) is 1. The Morgan fingerprint density at radius 3 is 2.67 bits per heavy atom. The fourth-order valence-corrected chi connectivity index (χ4v) is 3.21. The van der Waals surface area contributed by atoms with Crippen LogP contribution in [0.5, 0.6) is 0 Å². The van der Waals surface area contributed by atoms with E-state index in [-0.39, 0.29) is 16.1 Å². The van der Waals surface area contributed by atoms with E-state index in [0.29, 0.717) is 6.54 Å². The first-order valence-electron chi connectivity index (χ1n) is 7.46. The molecule has 4 N–H and O–H groups in total. The number of sulfonamides is 1. The number of hydrogen-bond acceptors (Lipinski definition) is 5. The Morgan fingerprint density at radius 2 is 2.00 bits per heavy atom. The molecule has 24 heavy (non-hydrogen) atoms. The first-order chi connectivity index (χ1) is 11.5. The summed E-state index contributed by atoms with van der Waals surface area (Å²) in [5.41, 5.74) is 4.83. The molecular formula is C14H20N4O4S2. The molecule has 1 atom stereocenters.